The van der Waals surface area contributed by atoms with Crippen molar-refractivity contribution in [2.24, 2.45) is 5.73 Å². The van der Waals surface area contributed by atoms with Crippen LogP contribution in [-0.2, 0) is 0 Å². The van der Waals surface area contributed by atoms with Crippen molar-refractivity contribution in [1.82, 2.24) is 5.32 Å². The third-order valence-corrected chi connectivity index (χ3v) is 2.26. The molecule has 0 spiro atoms. The standard InChI is InChI=1S/C13H21N3/c1-5-8-10(6-2)9-11(7-3)12(14)13(15)16-4/h5-8H,3,9,14H2,1-2,4H3,(H2,15,16)/b8-5-,10-6+,12-11-. The number of hydrogen-bond donors (Lipinski definition) is 3. The molecule has 0 atom stereocenters. The van der Waals surface area contributed by atoms with E-state index in [4.69, 9.17) is 11.1 Å². The summed E-state index contributed by atoms with van der Waals surface area (Å²) in [5, 5.41) is 10.3. The molecule has 0 saturated carbocycles. The van der Waals surface area contributed by atoms with E-state index in [1.165, 1.54) is 0 Å². The summed E-state index contributed by atoms with van der Waals surface area (Å²) in [5.41, 5.74) is 8.32. The molecule has 0 aromatic heterocycles. The van der Waals surface area contributed by atoms with Crippen molar-refractivity contribution in [3.8, 4) is 0 Å². The van der Waals surface area contributed by atoms with Crippen molar-refractivity contribution in [2.45, 2.75) is 20.3 Å². The summed E-state index contributed by atoms with van der Waals surface area (Å²) in [6.45, 7) is 7.69. The number of nitrogens with one attached hydrogen (secondary N) is 2. The van der Waals surface area contributed by atoms with Crippen molar-refractivity contribution < 1.29 is 0 Å². The van der Waals surface area contributed by atoms with Gasteiger partial charge in [0.2, 0.25) is 0 Å². The van der Waals surface area contributed by atoms with Crippen LogP contribution < -0.4 is 11.1 Å². The summed E-state index contributed by atoms with van der Waals surface area (Å²) in [7, 11) is 1.68. The highest BCUT2D eigenvalue weighted by Gasteiger charge is 2.05. The highest BCUT2D eigenvalue weighted by molar-refractivity contribution is 5.95. The van der Waals surface area contributed by atoms with Gasteiger partial charge in [0.25, 0.3) is 0 Å². The van der Waals surface area contributed by atoms with Gasteiger partial charge in [-0.1, -0.05) is 30.9 Å². The van der Waals surface area contributed by atoms with Crippen molar-refractivity contribution >= 4 is 5.84 Å². The lowest BCUT2D eigenvalue weighted by molar-refractivity contribution is 1.09. The SMILES string of the molecule is C=C/C(CC(/C=C\C)=C/C)=C(/N)C(=N)NC. The number of rotatable bonds is 5. The summed E-state index contributed by atoms with van der Waals surface area (Å²) in [6.07, 6.45) is 8.43. The highest BCUT2D eigenvalue weighted by atomic mass is 14.9. The van der Waals surface area contributed by atoms with Crippen LogP contribution in [0.4, 0.5) is 0 Å². The van der Waals surface area contributed by atoms with Crippen LogP contribution in [0.5, 0.6) is 0 Å². The quantitative estimate of drug-likeness (QED) is 0.378. The number of nitrogens with two attached hydrogens (primary N) is 1. The molecule has 0 unspecified atom stereocenters. The Hall–Kier alpha value is -1.77. The van der Waals surface area contributed by atoms with E-state index < -0.39 is 0 Å². The predicted molar refractivity (Wildman–Crippen MR) is 71.4 cm³/mol. The second-order valence-electron chi connectivity index (χ2n) is 3.31. The Balaban J connectivity index is 5.02. The monoisotopic (exact) mass is 219 g/mol. The molecule has 0 radical (unpaired) electrons. The lowest BCUT2D eigenvalue weighted by atomic mass is 10.0. The molecule has 88 valence electrons. The molecule has 0 amide bonds. The molecule has 0 saturated heterocycles. The fraction of sp³-hybridized carbons (Fsp3) is 0.308. The molecule has 0 aliphatic heterocycles. The normalized spacial score (nSPS) is 13.6. The van der Waals surface area contributed by atoms with Crippen LogP contribution in [0.3, 0.4) is 0 Å². The lowest BCUT2D eigenvalue weighted by Crippen LogP contribution is -2.25. The van der Waals surface area contributed by atoms with E-state index >= 15 is 0 Å². The molecule has 0 aliphatic rings. The summed E-state index contributed by atoms with van der Waals surface area (Å²) in [4.78, 5) is 0. The van der Waals surface area contributed by atoms with E-state index in [9.17, 15) is 0 Å². The molecule has 0 aromatic carbocycles. The Bertz CT molecular complexity index is 346. The molecule has 16 heavy (non-hydrogen) atoms. The number of hydrogen-bond acceptors (Lipinski definition) is 2. The van der Waals surface area contributed by atoms with E-state index in [0.717, 1.165) is 11.1 Å². The molecule has 3 heteroatoms. The molecule has 4 N–H and O–H groups in total. The first kappa shape index (κ1) is 14.2. The van der Waals surface area contributed by atoms with Gasteiger partial charge in [-0.25, -0.2) is 0 Å². The highest BCUT2D eigenvalue weighted by Crippen LogP contribution is 2.15. The molecule has 3 nitrogen and oxygen atoms in total. The van der Waals surface area contributed by atoms with Crippen molar-refractivity contribution in [1.29, 1.82) is 5.41 Å². The third-order valence-electron chi connectivity index (χ3n) is 2.26. The average Bonchev–Trinajstić information content (AvgIpc) is 2.32. The molecular formula is C13H21N3. The zero-order chi connectivity index (χ0) is 12.6. The van der Waals surface area contributed by atoms with Gasteiger partial charge in [-0.05, 0) is 31.4 Å². The minimum Gasteiger partial charge on any atom is -0.396 e. The molecule has 0 aliphatic carbocycles. The predicted octanol–water partition coefficient (Wildman–Crippen LogP) is 2.49. The Kier molecular flexibility index (Phi) is 6.68. The van der Waals surface area contributed by atoms with Crippen LogP contribution in [-0.4, -0.2) is 12.9 Å². The zero-order valence-electron chi connectivity index (χ0n) is 10.3. The van der Waals surface area contributed by atoms with Gasteiger partial charge in [0.1, 0.15) is 5.84 Å². The van der Waals surface area contributed by atoms with E-state index in [1.54, 1.807) is 13.1 Å². The van der Waals surface area contributed by atoms with E-state index in [1.807, 2.05) is 32.1 Å². The van der Waals surface area contributed by atoms with Crippen molar-refractivity contribution in [3.63, 3.8) is 0 Å². The van der Waals surface area contributed by atoms with Gasteiger partial charge in [-0.15, -0.1) is 0 Å². The maximum atomic E-state index is 7.60. The van der Waals surface area contributed by atoms with Gasteiger partial charge in [-0.2, -0.15) is 0 Å². The molecule has 0 bridgehead atoms. The summed E-state index contributed by atoms with van der Waals surface area (Å²) < 4.78 is 0. The van der Waals surface area contributed by atoms with E-state index in [2.05, 4.69) is 11.9 Å². The van der Waals surface area contributed by atoms with Gasteiger partial charge in [0, 0.05) is 7.05 Å². The first-order valence-electron chi connectivity index (χ1n) is 5.26. The van der Waals surface area contributed by atoms with Gasteiger partial charge < -0.3 is 11.1 Å². The van der Waals surface area contributed by atoms with Gasteiger partial charge in [-0.3, -0.25) is 5.41 Å². The Labute approximate surface area is 97.9 Å². The van der Waals surface area contributed by atoms with Crippen LogP contribution in [0, 0.1) is 5.41 Å². The zero-order valence-corrected chi connectivity index (χ0v) is 10.3. The largest absolute Gasteiger partial charge is 0.396 e. The summed E-state index contributed by atoms with van der Waals surface area (Å²) >= 11 is 0. The van der Waals surface area contributed by atoms with E-state index in [0.29, 0.717) is 12.1 Å². The minimum absolute atomic E-state index is 0.228. The first-order valence-corrected chi connectivity index (χ1v) is 5.26. The van der Waals surface area contributed by atoms with Gasteiger partial charge in [0.15, 0.2) is 0 Å². The fourth-order valence-corrected chi connectivity index (χ4v) is 1.26. The van der Waals surface area contributed by atoms with Gasteiger partial charge >= 0.3 is 0 Å². The topological polar surface area (TPSA) is 61.9 Å². The number of allylic oxidation sites excluding steroid dienone is 6. The maximum absolute atomic E-state index is 7.60. The maximum Gasteiger partial charge on any atom is 0.141 e. The third kappa shape index (κ3) is 4.17. The molecule has 0 rings (SSSR count). The first-order chi connectivity index (χ1) is 7.60. The van der Waals surface area contributed by atoms with E-state index in [-0.39, 0.29) is 5.84 Å². The van der Waals surface area contributed by atoms with Crippen molar-refractivity contribution in [2.75, 3.05) is 7.05 Å². The Morgan fingerprint density at radius 3 is 2.44 bits per heavy atom. The van der Waals surface area contributed by atoms with Crippen molar-refractivity contribution in [3.05, 3.63) is 47.7 Å². The minimum atomic E-state index is 0.228. The Morgan fingerprint density at radius 1 is 1.44 bits per heavy atom. The summed E-state index contributed by atoms with van der Waals surface area (Å²) in [5.74, 6) is 0.228. The molecule has 0 fully saturated rings. The number of amidine groups is 1. The Morgan fingerprint density at radius 2 is 2.06 bits per heavy atom. The van der Waals surface area contributed by atoms with Crippen LogP contribution in [0.1, 0.15) is 20.3 Å². The molecular weight excluding hydrogens is 198 g/mol. The van der Waals surface area contributed by atoms with Crippen LogP contribution in [0.2, 0.25) is 0 Å². The summed E-state index contributed by atoms with van der Waals surface area (Å²) in [6, 6.07) is 0. The average molecular weight is 219 g/mol. The molecule has 0 heterocycles. The van der Waals surface area contributed by atoms with Crippen LogP contribution >= 0.6 is 0 Å². The lowest BCUT2D eigenvalue weighted by Gasteiger charge is -2.09. The fourth-order valence-electron chi connectivity index (χ4n) is 1.26. The number of likely N-dealkylation sites (N-methyl/N-ethyl adjacent to an activating group) is 1. The van der Waals surface area contributed by atoms with Crippen LogP contribution in [0.25, 0.3) is 0 Å². The second-order valence-corrected chi connectivity index (χ2v) is 3.31. The second kappa shape index (κ2) is 7.51. The molecule has 0 aromatic rings. The van der Waals surface area contributed by atoms with Gasteiger partial charge in [0.05, 0.1) is 5.70 Å². The van der Waals surface area contributed by atoms with Crippen LogP contribution in [0.15, 0.2) is 47.7 Å². The smallest absolute Gasteiger partial charge is 0.141 e.